The summed E-state index contributed by atoms with van der Waals surface area (Å²) in [6.45, 7) is 25.5. The summed E-state index contributed by atoms with van der Waals surface area (Å²) in [6, 6.07) is -9.77. The summed E-state index contributed by atoms with van der Waals surface area (Å²) in [5.41, 5.74) is 5.65. The maximum Gasteiger partial charge on any atom is 0.326 e. The van der Waals surface area contributed by atoms with Crippen LogP contribution in [0.1, 0.15) is 123 Å². The van der Waals surface area contributed by atoms with Gasteiger partial charge in [0.25, 0.3) is 0 Å². The molecule has 11 N–H and O–H groups in total. The SMILES string of the molecule is CC(C)C[C@H](NC(=O)[C@H](C)NC(=O)[C@H](C)NC(=O)[C@@H](NC(=O)[C@@H](NC(=O)[C@H](C)N)C(C)C)C(C)C)C(=O)N[C@@H](CC(C)C)C(=O)N[C@@H](CC(C)C)C(=O)N[C@H](C(=O)O)C(C)C. The van der Waals surface area contributed by atoms with Crippen LogP contribution >= 0.6 is 0 Å². The highest BCUT2D eigenvalue weighted by Crippen LogP contribution is 2.13. The lowest BCUT2D eigenvalue weighted by atomic mass is 9.98. The summed E-state index contributed by atoms with van der Waals surface area (Å²) in [6.07, 6.45) is 0.547. The number of carbonyl (C=O) groups is 9. The summed E-state index contributed by atoms with van der Waals surface area (Å²) in [4.78, 5) is 118. The van der Waals surface area contributed by atoms with Crippen LogP contribution in [-0.4, -0.2) is 113 Å². The molecule has 0 aromatic carbocycles. The minimum atomic E-state index is -1.21. The van der Waals surface area contributed by atoms with Crippen LogP contribution in [0.15, 0.2) is 0 Å². The van der Waals surface area contributed by atoms with Crippen molar-refractivity contribution in [2.75, 3.05) is 0 Å². The number of rotatable bonds is 26. The van der Waals surface area contributed by atoms with E-state index in [1.165, 1.54) is 20.8 Å². The number of nitrogens with two attached hydrogens (primary N) is 1. The minimum absolute atomic E-state index is 0.0566. The van der Waals surface area contributed by atoms with E-state index in [0.29, 0.717) is 0 Å². The van der Waals surface area contributed by atoms with Crippen LogP contribution in [0.5, 0.6) is 0 Å². The van der Waals surface area contributed by atoms with E-state index < -0.39 is 119 Å². The average Bonchev–Trinajstić information content (AvgIpc) is 3.12. The van der Waals surface area contributed by atoms with E-state index in [2.05, 4.69) is 42.5 Å². The molecule has 350 valence electrons. The minimum Gasteiger partial charge on any atom is -0.480 e. The Morgan fingerprint density at radius 3 is 0.934 bits per heavy atom. The number of aliphatic carboxylic acids is 1. The second-order valence-corrected chi connectivity index (χ2v) is 18.4. The molecule has 0 heterocycles. The van der Waals surface area contributed by atoms with Gasteiger partial charge in [-0.15, -0.1) is 0 Å². The quantitative estimate of drug-likeness (QED) is 0.0569. The van der Waals surface area contributed by atoms with E-state index in [1.54, 1.807) is 41.5 Å². The van der Waals surface area contributed by atoms with Gasteiger partial charge >= 0.3 is 5.97 Å². The van der Waals surface area contributed by atoms with Gasteiger partial charge < -0.3 is 53.4 Å². The fraction of sp³-hybridized carbons (Fsp3) is 0.786. The fourth-order valence-electron chi connectivity index (χ4n) is 6.09. The van der Waals surface area contributed by atoms with Gasteiger partial charge in [-0.2, -0.15) is 0 Å². The summed E-state index contributed by atoms with van der Waals surface area (Å²) < 4.78 is 0. The maximum atomic E-state index is 13.8. The number of carbonyl (C=O) groups excluding carboxylic acids is 8. The number of hydrogen-bond acceptors (Lipinski definition) is 10. The van der Waals surface area contributed by atoms with Crippen molar-refractivity contribution in [3.8, 4) is 0 Å². The molecule has 0 rings (SSSR count). The van der Waals surface area contributed by atoms with Crippen molar-refractivity contribution in [3.05, 3.63) is 0 Å². The molecule has 0 bridgehead atoms. The molecule has 0 aliphatic carbocycles. The molecule has 8 amide bonds. The molecule has 19 nitrogen and oxygen atoms in total. The summed E-state index contributed by atoms with van der Waals surface area (Å²) in [5.74, 6) is -7.87. The lowest BCUT2D eigenvalue weighted by Gasteiger charge is -2.29. The van der Waals surface area contributed by atoms with Gasteiger partial charge in [0.2, 0.25) is 47.3 Å². The Kier molecular flexibility index (Phi) is 24.4. The molecule has 0 unspecified atom stereocenters. The van der Waals surface area contributed by atoms with Gasteiger partial charge in [-0.25, -0.2) is 4.79 Å². The predicted molar refractivity (Wildman–Crippen MR) is 231 cm³/mol. The normalized spacial score (nSPS) is 16.0. The van der Waals surface area contributed by atoms with Gasteiger partial charge in [0.15, 0.2) is 0 Å². The first-order valence-electron chi connectivity index (χ1n) is 21.4. The van der Waals surface area contributed by atoms with E-state index in [1.807, 2.05) is 41.5 Å². The number of carboxylic acids is 1. The van der Waals surface area contributed by atoms with Crippen molar-refractivity contribution in [3.63, 3.8) is 0 Å². The smallest absolute Gasteiger partial charge is 0.326 e. The van der Waals surface area contributed by atoms with Gasteiger partial charge in [0.05, 0.1) is 6.04 Å². The van der Waals surface area contributed by atoms with Crippen molar-refractivity contribution >= 4 is 53.2 Å². The van der Waals surface area contributed by atoms with Crippen molar-refractivity contribution < 1.29 is 48.3 Å². The molecule has 19 heteroatoms. The molecule has 0 saturated carbocycles. The van der Waals surface area contributed by atoms with E-state index in [9.17, 15) is 48.3 Å². The van der Waals surface area contributed by atoms with E-state index in [-0.39, 0.29) is 42.9 Å². The van der Waals surface area contributed by atoms with Crippen LogP contribution in [0, 0.1) is 35.5 Å². The zero-order chi connectivity index (χ0) is 47.6. The fourth-order valence-corrected chi connectivity index (χ4v) is 6.09. The molecule has 61 heavy (non-hydrogen) atoms. The van der Waals surface area contributed by atoms with Crippen LogP contribution in [0.2, 0.25) is 0 Å². The highest BCUT2D eigenvalue weighted by atomic mass is 16.4. The largest absolute Gasteiger partial charge is 0.480 e. The van der Waals surface area contributed by atoms with Gasteiger partial charge in [-0.1, -0.05) is 83.1 Å². The topological polar surface area (TPSA) is 296 Å². The molecular formula is C42H77N9O10. The van der Waals surface area contributed by atoms with Crippen LogP contribution in [0.3, 0.4) is 0 Å². The highest BCUT2D eigenvalue weighted by Gasteiger charge is 2.35. The Labute approximate surface area is 362 Å². The highest BCUT2D eigenvalue weighted by molar-refractivity contribution is 5.98. The molecule has 0 saturated heterocycles. The third kappa shape index (κ3) is 20.5. The number of amides is 8. The summed E-state index contributed by atoms with van der Waals surface area (Å²) in [5, 5.41) is 30.6. The van der Waals surface area contributed by atoms with Crippen LogP contribution in [-0.2, 0) is 43.2 Å². The predicted octanol–water partition coefficient (Wildman–Crippen LogP) is 0.443. The number of carboxylic acid groups (broad SMARTS) is 1. The van der Waals surface area contributed by atoms with Crippen LogP contribution < -0.4 is 48.3 Å². The lowest BCUT2D eigenvalue weighted by Crippen LogP contribution is -2.60. The van der Waals surface area contributed by atoms with Crippen LogP contribution in [0.25, 0.3) is 0 Å². The number of nitrogens with one attached hydrogen (secondary N) is 8. The first-order valence-corrected chi connectivity index (χ1v) is 21.4. The Morgan fingerprint density at radius 1 is 0.361 bits per heavy atom. The molecule has 0 aromatic rings. The maximum absolute atomic E-state index is 13.8. The zero-order valence-corrected chi connectivity index (χ0v) is 39.0. The second-order valence-electron chi connectivity index (χ2n) is 18.4. The Hall–Kier alpha value is -4.81. The zero-order valence-electron chi connectivity index (χ0n) is 39.0. The Balaban J connectivity index is 5.95. The standard InChI is InChI=1S/C42H77N9O10/c1-19(2)16-28(37(55)47-29(17-20(3)4)38(56)48-30(18-21(5)6)39(57)51-33(24(11)12)42(60)61)46-36(54)27(15)44-35(53)26(14)45-40(58)31(22(7)8)50-41(59)32(23(9)10)49-34(52)25(13)43/h19-33H,16-18,43H2,1-15H3,(H,44,53)(H,45,58)(H,46,54)(H,47,55)(H,48,56)(H,49,52)(H,50,59)(H,51,57)(H,60,61)/t25-,26-,27-,28-,29-,30-,31-,32-,33-/m0/s1. The van der Waals surface area contributed by atoms with Gasteiger partial charge in [-0.3, -0.25) is 38.4 Å². The lowest BCUT2D eigenvalue weighted by molar-refractivity contribution is -0.143. The molecule has 0 aliphatic rings. The van der Waals surface area contributed by atoms with E-state index in [0.717, 1.165) is 0 Å². The van der Waals surface area contributed by atoms with Gasteiger partial charge in [0.1, 0.15) is 48.3 Å². The van der Waals surface area contributed by atoms with Crippen molar-refractivity contribution in [2.24, 2.45) is 41.2 Å². The molecule has 0 aromatic heterocycles. The first-order chi connectivity index (χ1) is 28.0. The average molecular weight is 868 g/mol. The molecular weight excluding hydrogens is 791 g/mol. The second kappa shape index (κ2) is 26.5. The molecule has 0 aliphatic heterocycles. The van der Waals surface area contributed by atoms with Gasteiger partial charge in [0, 0.05) is 0 Å². The van der Waals surface area contributed by atoms with E-state index in [4.69, 9.17) is 5.73 Å². The monoisotopic (exact) mass is 868 g/mol. The molecule has 9 atom stereocenters. The molecule has 0 fully saturated rings. The summed E-state index contributed by atoms with van der Waals surface area (Å²) >= 11 is 0. The molecule has 0 radical (unpaired) electrons. The van der Waals surface area contributed by atoms with E-state index >= 15 is 0 Å². The first kappa shape index (κ1) is 56.2. The summed E-state index contributed by atoms with van der Waals surface area (Å²) in [7, 11) is 0. The number of hydrogen-bond donors (Lipinski definition) is 10. The third-order valence-electron chi connectivity index (χ3n) is 9.66. The third-order valence-corrected chi connectivity index (χ3v) is 9.66. The van der Waals surface area contributed by atoms with Crippen molar-refractivity contribution in [1.82, 2.24) is 42.5 Å². The van der Waals surface area contributed by atoms with Gasteiger partial charge in [-0.05, 0) is 75.5 Å². The Bertz CT molecular complexity index is 1520. The molecule has 0 spiro atoms. The van der Waals surface area contributed by atoms with Crippen LogP contribution in [0.4, 0.5) is 0 Å². The Morgan fingerprint density at radius 2 is 0.623 bits per heavy atom. The van der Waals surface area contributed by atoms with Crippen molar-refractivity contribution in [2.45, 2.75) is 177 Å². The van der Waals surface area contributed by atoms with Crippen molar-refractivity contribution in [1.29, 1.82) is 0 Å².